The van der Waals surface area contributed by atoms with E-state index < -0.39 is 5.97 Å². The van der Waals surface area contributed by atoms with Crippen molar-refractivity contribution >= 4 is 16.7 Å². The quantitative estimate of drug-likeness (QED) is 0.781. The fourth-order valence-electron chi connectivity index (χ4n) is 1.88. The maximum Gasteiger partial charge on any atom is 0.340 e. The monoisotopic (exact) mass is 270 g/mol. The number of benzene rings is 2. The molecule has 0 aliphatic rings. The van der Waals surface area contributed by atoms with Crippen LogP contribution in [-0.4, -0.2) is 31.3 Å². The summed E-state index contributed by atoms with van der Waals surface area (Å²) in [7, 11) is 1.61. The van der Waals surface area contributed by atoms with E-state index in [-0.39, 0.29) is 17.3 Å². The van der Waals surface area contributed by atoms with Crippen molar-refractivity contribution in [3.63, 3.8) is 0 Å². The number of hydrogen-bond donors (Lipinski definition) is 1. The largest absolute Gasteiger partial charge is 0.478 e. The van der Waals surface area contributed by atoms with E-state index in [1.165, 1.54) is 4.68 Å². The number of nitrogens with zero attached hydrogens (tertiary/aromatic N) is 4. The molecule has 20 heavy (non-hydrogen) atoms. The Balaban J connectivity index is 2.14. The SMILES string of the molecule is Cn1nnnc1Oc1cc2ccccc2cc1C(=O)O. The van der Waals surface area contributed by atoms with Crippen molar-refractivity contribution in [2.24, 2.45) is 7.05 Å². The summed E-state index contributed by atoms with van der Waals surface area (Å²) >= 11 is 0. The van der Waals surface area contributed by atoms with Gasteiger partial charge in [-0.05, 0) is 33.3 Å². The molecular formula is C13H10N4O3. The second-order valence-corrected chi connectivity index (χ2v) is 4.19. The molecule has 0 aliphatic carbocycles. The molecule has 7 nitrogen and oxygen atoms in total. The molecule has 0 amide bonds. The number of carboxylic acids is 1. The third kappa shape index (κ3) is 2.05. The summed E-state index contributed by atoms with van der Waals surface area (Å²) in [6.45, 7) is 0. The molecule has 0 saturated heterocycles. The number of hydrogen-bond acceptors (Lipinski definition) is 5. The molecular weight excluding hydrogens is 260 g/mol. The molecule has 2 aromatic carbocycles. The van der Waals surface area contributed by atoms with E-state index >= 15 is 0 Å². The Morgan fingerprint density at radius 3 is 2.55 bits per heavy atom. The lowest BCUT2D eigenvalue weighted by atomic mass is 10.1. The summed E-state index contributed by atoms with van der Waals surface area (Å²) in [5.74, 6) is -0.866. The van der Waals surface area contributed by atoms with Crippen LogP contribution < -0.4 is 4.74 Å². The van der Waals surface area contributed by atoms with Gasteiger partial charge in [-0.15, -0.1) is 0 Å². The van der Waals surface area contributed by atoms with Crippen molar-refractivity contribution in [1.82, 2.24) is 20.2 Å². The molecule has 1 heterocycles. The van der Waals surface area contributed by atoms with Gasteiger partial charge in [0.1, 0.15) is 11.3 Å². The minimum absolute atomic E-state index is 0.0618. The van der Waals surface area contributed by atoms with Gasteiger partial charge in [-0.25, -0.2) is 4.79 Å². The number of carbonyl (C=O) groups is 1. The molecule has 0 bridgehead atoms. The molecule has 0 fully saturated rings. The van der Waals surface area contributed by atoms with E-state index in [1.54, 1.807) is 19.2 Å². The van der Waals surface area contributed by atoms with E-state index in [9.17, 15) is 9.90 Å². The Hall–Kier alpha value is -2.96. The first kappa shape index (κ1) is 12.1. The maximum absolute atomic E-state index is 11.3. The van der Waals surface area contributed by atoms with Crippen molar-refractivity contribution in [3.8, 4) is 11.8 Å². The topological polar surface area (TPSA) is 90.1 Å². The van der Waals surface area contributed by atoms with E-state index in [0.29, 0.717) is 0 Å². The van der Waals surface area contributed by atoms with Crippen LogP contribution in [0.4, 0.5) is 0 Å². The zero-order chi connectivity index (χ0) is 14.1. The predicted molar refractivity (Wildman–Crippen MR) is 69.8 cm³/mol. The highest BCUT2D eigenvalue weighted by atomic mass is 16.5. The van der Waals surface area contributed by atoms with Gasteiger partial charge in [0.25, 0.3) is 0 Å². The Kier molecular flexibility index (Phi) is 2.79. The minimum atomic E-state index is -1.07. The molecule has 0 unspecified atom stereocenters. The molecule has 0 saturated carbocycles. The summed E-state index contributed by atoms with van der Waals surface area (Å²) < 4.78 is 6.82. The van der Waals surface area contributed by atoms with Gasteiger partial charge in [-0.2, -0.15) is 4.68 Å². The number of carboxylic acid groups (broad SMARTS) is 1. The number of aromatic nitrogens is 4. The number of tetrazole rings is 1. The smallest absolute Gasteiger partial charge is 0.340 e. The molecule has 1 aromatic heterocycles. The van der Waals surface area contributed by atoms with Crippen LogP contribution in [0.25, 0.3) is 10.8 Å². The molecule has 3 aromatic rings. The average Bonchev–Trinajstić information content (AvgIpc) is 2.83. The first-order valence-electron chi connectivity index (χ1n) is 5.81. The minimum Gasteiger partial charge on any atom is -0.478 e. The van der Waals surface area contributed by atoms with Crippen molar-refractivity contribution in [2.75, 3.05) is 0 Å². The molecule has 0 spiro atoms. The molecule has 1 N–H and O–H groups in total. The van der Waals surface area contributed by atoms with Crippen LogP contribution in [0.1, 0.15) is 10.4 Å². The summed E-state index contributed by atoms with van der Waals surface area (Å²) in [6, 6.07) is 10.8. The van der Waals surface area contributed by atoms with Crippen LogP contribution in [0.2, 0.25) is 0 Å². The predicted octanol–water partition coefficient (Wildman–Crippen LogP) is 1.85. The Morgan fingerprint density at radius 2 is 1.95 bits per heavy atom. The summed E-state index contributed by atoms with van der Waals surface area (Å²) in [4.78, 5) is 11.3. The normalized spacial score (nSPS) is 10.7. The Bertz CT molecular complexity index is 797. The van der Waals surface area contributed by atoms with Gasteiger partial charge in [0.15, 0.2) is 0 Å². The molecule has 0 radical (unpaired) electrons. The lowest BCUT2D eigenvalue weighted by Crippen LogP contribution is -2.03. The number of aromatic carboxylic acids is 1. The number of aryl methyl sites for hydroxylation is 1. The molecule has 0 aliphatic heterocycles. The lowest BCUT2D eigenvalue weighted by Gasteiger charge is -2.08. The first-order valence-corrected chi connectivity index (χ1v) is 5.81. The number of ether oxygens (including phenoxy) is 1. The van der Waals surface area contributed by atoms with Crippen molar-refractivity contribution in [1.29, 1.82) is 0 Å². The second kappa shape index (κ2) is 4.61. The zero-order valence-electron chi connectivity index (χ0n) is 10.5. The van der Waals surface area contributed by atoms with E-state index in [0.717, 1.165) is 10.8 Å². The molecule has 0 atom stereocenters. The van der Waals surface area contributed by atoms with Gasteiger partial charge in [-0.3, -0.25) is 0 Å². The third-order valence-corrected chi connectivity index (χ3v) is 2.86. The number of fused-ring (bicyclic) bond motifs is 1. The summed E-state index contributed by atoms with van der Waals surface area (Å²) in [5.41, 5.74) is 0.0618. The van der Waals surface area contributed by atoms with E-state index in [4.69, 9.17) is 4.74 Å². The van der Waals surface area contributed by atoms with Gasteiger partial charge in [0.2, 0.25) is 0 Å². The highest BCUT2D eigenvalue weighted by molar-refractivity contribution is 5.97. The van der Waals surface area contributed by atoms with Crippen LogP contribution in [-0.2, 0) is 7.05 Å². The van der Waals surface area contributed by atoms with Gasteiger partial charge in [0.05, 0.1) is 0 Å². The first-order chi connectivity index (χ1) is 9.65. The fraction of sp³-hybridized carbons (Fsp3) is 0.0769. The van der Waals surface area contributed by atoms with Crippen LogP contribution >= 0.6 is 0 Å². The third-order valence-electron chi connectivity index (χ3n) is 2.86. The lowest BCUT2D eigenvalue weighted by molar-refractivity contribution is 0.0694. The molecule has 3 rings (SSSR count). The van der Waals surface area contributed by atoms with Crippen molar-refractivity contribution in [2.45, 2.75) is 0 Å². The van der Waals surface area contributed by atoms with Gasteiger partial charge in [0, 0.05) is 7.05 Å². The summed E-state index contributed by atoms with van der Waals surface area (Å²) in [5, 5.41) is 21.7. The van der Waals surface area contributed by atoms with Crippen LogP contribution in [0.5, 0.6) is 11.8 Å². The molecule has 100 valence electrons. The zero-order valence-corrected chi connectivity index (χ0v) is 10.5. The highest BCUT2D eigenvalue weighted by Gasteiger charge is 2.15. The van der Waals surface area contributed by atoms with Crippen molar-refractivity contribution in [3.05, 3.63) is 42.0 Å². The Labute approximate surface area is 113 Å². The summed E-state index contributed by atoms with van der Waals surface area (Å²) in [6.07, 6.45) is 0. The van der Waals surface area contributed by atoms with Gasteiger partial charge < -0.3 is 9.84 Å². The standard InChI is InChI=1S/C13H10N4O3/c1-17-13(14-15-16-17)20-11-7-9-5-3-2-4-8(9)6-10(11)12(18)19/h2-7H,1H3,(H,18,19). The van der Waals surface area contributed by atoms with Gasteiger partial charge >= 0.3 is 12.0 Å². The average molecular weight is 270 g/mol. The van der Waals surface area contributed by atoms with E-state index in [2.05, 4.69) is 15.5 Å². The molecule has 7 heteroatoms. The van der Waals surface area contributed by atoms with Crippen molar-refractivity contribution < 1.29 is 14.6 Å². The van der Waals surface area contributed by atoms with Crippen LogP contribution in [0, 0.1) is 0 Å². The van der Waals surface area contributed by atoms with Crippen LogP contribution in [0.15, 0.2) is 36.4 Å². The fourth-order valence-corrected chi connectivity index (χ4v) is 1.88. The Morgan fingerprint density at radius 1 is 1.25 bits per heavy atom. The van der Waals surface area contributed by atoms with Crippen LogP contribution in [0.3, 0.4) is 0 Å². The maximum atomic E-state index is 11.3. The number of rotatable bonds is 3. The second-order valence-electron chi connectivity index (χ2n) is 4.19. The highest BCUT2D eigenvalue weighted by Crippen LogP contribution is 2.29. The van der Waals surface area contributed by atoms with Gasteiger partial charge in [-0.1, -0.05) is 29.4 Å². The van der Waals surface area contributed by atoms with E-state index in [1.807, 2.05) is 24.3 Å².